The van der Waals surface area contributed by atoms with E-state index >= 15 is 0 Å². The van der Waals surface area contributed by atoms with Crippen molar-refractivity contribution in [2.45, 2.75) is 27.3 Å². The van der Waals surface area contributed by atoms with E-state index in [4.69, 9.17) is 5.11 Å². The van der Waals surface area contributed by atoms with Crippen LogP contribution >= 0.6 is 0 Å². The third-order valence-electron chi connectivity index (χ3n) is 3.16. The molecule has 4 nitrogen and oxygen atoms in total. The Morgan fingerprint density at radius 1 is 1.33 bits per heavy atom. The highest BCUT2D eigenvalue weighted by molar-refractivity contribution is 5.86. The summed E-state index contributed by atoms with van der Waals surface area (Å²) in [5.41, 5.74) is 3.57. The van der Waals surface area contributed by atoms with Crippen LogP contribution in [0.15, 0.2) is 24.4 Å². The molecule has 0 bridgehead atoms. The van der Waals surface area contributed by atoms with Crippen LogP contribution < -0.4 is 0 Å². The first kappa shape index (κ1) is 12.4. The molecule has 18 heavy (non-hydrogen) atoms. The van der Waals surface area contributed by atoms with Crippen molar-refractivity contribution in [3.8, 4) is 11.4 Å². The largest absolute Gasteiger partial charge is 0.477 e. The molecule has 0 atom stereocenters. The zero-order chi connectivity index (χ0) is 13.3. The molecule has 0 aliphatic carbocycles. The van der Waals surface area contributed by atoms with Gasteiger partial charge in [0.15, 0.2) is 0 Å². The number of hydrogen-bond acceptors (Lipinski definition) is 2. The fourth-order valence-corrected chi connectivity index (χ4v) is 1.98. The summed E-state index contributed by atoms with van der Waals surface area (Å²) in [7, 11) is 0. The van der Waals surface area contributed by atoms with Crippen LogP contribution in [0.3, 0.4) is 0 Å². The molecule has 0 saturated carbocycles. The second-order valence-corrected chi connectivity index (χ2v) is 4.32. The number of aromatic carboxylic acids is 1. The zero-order valence-corrected chi connectivity index (χ0v) is 10.8. The lowest BCUT2D eigenvalue weighted by atomic mass is 10.1. The second-order valence-electron chi connectivity index (χ2n) is 4.32. The van der Waals surface area contributed by atoms with E-state index in [9.17, 15) is 4.79 Å². The van der Waals surface area contributed by atoms with E-state index in [2.05, 4.69) is 4.98 Å². The topological polar surface area (TPSA) is 55.1 Å². The summed E-state index contributed by atoms with van der Waals surface area (Å²) >= 11 is 0. The molecule has 0 saturated heterocycles. The van der Waals surface area contributed by atoms with E-state index in [1.807, 2.05) is 39.0 Å². The minimum Gasteiger partial charge on any atom is -0.477 e. The number of benzene rings is 1. The molecule has 94 valence electrons. The Bertz CT molecular complexity index is 600. The predicted molar refractivity (Wildman–Crippen MR) is 69.8 cm³/mol. The van der Waals surface area contributed by atoms with Gasteiger partial charge >= 0.3 is 5.97 Å². The van der Waals surface area contributed by atoms with Crippen LogP contribution in [-0.2, 0) is 6.54 Å². The van der Waals surface area contributed by atoms with Crippen LogP contribution in [0, 0.1) is 13.8 Å². The van der Waals surface area contributed by atoms with Gasteiger partial charge in [0.2, 0.25) is 0 Å². The summed E-state index contributed by atoms with van der Waals surface area (Å²) in [6.07, 6.45) is 1.41. The van der Waals surface area contributed by atoms with Gasteiger partial charge in [-0.1, -0.05) is 12.1 Å². The van der Waals surface area contributed by atoms with Crippen molar-refractivity contribution in [1.82, 2.24) is 9.55 Å². The first-order valence-electron chi connectivity index (χ1n) is 5.91. The Balaban J connectivity index is 2.57. The molecular formula is C14H16N2O2. The van der Waals surface area contributed by atoms with Crippen molar-refractivity contribution < 1.29 is 9.90 Å². The van der Waals surface area contributed by atoms with Crippen LogP contribution in [0.1, 0.15) is 28.5 Å². The van der Waals surface area contributed by atoms with Gasteiger partial charge < -0.3 is 9.67 Å². The van der Waals surface area contributed by atoms with E-state index in [1.54, 1.807) is 4.57 Å². The Morgan fingerprint density at radius 2 is 2.06 bits per heavy atom. The molecule has 1 heterocycles. The molecule has 0 amide bonds. The van der Waals surface area contributed by atoms with Gasteiger partial charge in [-0.3, -0.25) is 0 Å². The van der Waals surface area contributed by atoms with E-state index in [0.717, 1.165) is 5.56 Å². The van der Waals surface area contributed by atoms with Gasteiger partial charge in [-0.05, 0) is 38.0 Å². The number of imidazole rings is 1. The van der Waals surface area contributed by atoms with Crippen molar-refractivity contribution in [2.75, 3.05) is 0 Å². The molecule has 0 radical (unpaired) electrons. The Morgan fingerprint density at radius 3 is 2.61 bits per heavy atom. The highest BCUT2D eigenvalue weighted by atomic mass is 16.4. The van der Waals surface area contributed by atoms with Gasteiger partial charge in [0.25, 0.3) is 0 Å². The van der Waals surface area contributed by atoms with E-state index in [1.165, 1.54) is 17.3 Å². The molecule has 0 aliphatic heterocycles. The maximum absolute atomic E-state index is 11.1. The molecule has 0 fully saturated rings. The Kier molecular flexibility index (Phi) is 3.19. The summed E-state index contributed by atoms with van der Waals surface area (Å²) in [6.45, 7) is 6.59. The van der Waals surface area contributed by atoms with Crippen molar-refractivity contribution in [2.24, 2.45) is 0 Å². The second kappa shape index (κ2) is 4.64. The quantitative estimate of drug-likeness (QED) is 0.903. The molecule has 2 aromatic rings. The molecule has 1 N–H and O–H groups in total. The standard InChI is InChI=1S/C14H16N2O2/c1-4-16-12(14(17)18)8-15-13(16)11-6-5-9(2)10(3)7-11/h5-8H,4H2,1-3H3,(H,17,18). The van der Waals surface area contributed by atoms with Crippen LogP contribution in [0.25, 0.3) is 11.4 Å². The van der Waals surface area contributed by atoms with Crippen molar-refractivity contribution in [3.63, 3.8) is 0 Å². The minimum atomic E-state index is -0.945. The summed E-state index contributed by atoms with van der Waals surface area (Å²) < 4.78 is 1.71. The van der Waals surface area contributed by atoms with Crippen LogP contribution in [0.5, 0.6) is 0 Å². The number of carbonyl (C=O) groups is 1. The maximum Gasteiger partial charge on any atom is 0.354 e. The number of nitrogens with zero attached hydrogens (tertiary/aromatic N) is 2. The lowest BCUT2D eigenvalue weighted by Crippen LogP contribution is -2.08. The number of carboxylic acid groups (broad SMARTS) is 1. The maximum atomic E-state index is 11.1. The van der Waals surface area contributed by atoms with Crippen LogP contribution in [0.4, 0.5) is 0 Å². The number of aromatic nitrogens is 2. The number of aryl methyl sites for hydroxylation is 2. The average Bonchev–Trinajstić information content (AvgIpc) is 2.76. The summed E-state index contributed by atoms with van der Waals surface area (Å²) in [4.78, 5) is 15.3. The Hall–Kier alpha value is -2.10. The van der Waals surface area contributed by atoms with E-state index in [-0.39, 0.29) is 5.69 Å². The number of carboxylic acids is 1. The van der Waals surface area contributed by atoms with Gasteiger partial charge in [-0.25, -0.2) is 9.78 Å². The van der Waals surface area contributed by atoms with E-state index in [0.29, 0.717) is 12.4 Å². The highest BCUT2D eigenvalue weighted by Crippen LogP contribution is 2.22. The zero-order valence-electron chi connectivity index (χ0n) is 10.8. The van der Waals surface area contributed by atoms with Gasteiger partial charge in [-0.15, -0.1) is 0 Å². The summed E-state index contributed by atoms with van der Waals surface area (Å²) in [5, 5.41) is 9.09. The first-order chi connectivity index (χ1) is 8.54. The molecule has 0 unspecified atom stereocenters. The molecule has 1 aromatic carbocycles. The lowest BCUT2D eigenvalue weighted by molar-refractivity contribution is 0.0685. The first-order valence-corrected chi connectivity index (χ1v) is 5.91. The average molecular weight is 244 g/mol. The van der Waals surface area contributed by atoms with Gasteiger partial charge in [-0.2, -0.15) is 0 Å². The van der Waals surface area contributed by atoms with Gasteiger partial charge in [0.05, 0.1) is 6.20 Å². The predicted octanol–water partition coefficient (Wildman–Crippen LogP) is 2.89. The fourth-order valence-electron chi connectivity index (χ4n) is 1.98. The van der Waals surface area contributed by atoms with Gasteiger partial charge in [0, 0.05) is 12.1 Å². The molecule has 4 heteroatoms. The lowest BCUT2D eigenvalue weighted by Gasteiger charge is -2.08. The van der Waals surface area contributed by atoms with Crippen LogP contribution in [-0.4, -0.2) is 20.6 Å². The monoisotopic (exact) mass is 244 g/mol. The third-order valence-corrected chi connectivity index (χ3v) is 3.16. The number of rotatable bonds is 3. The smallest absolute Gasteiger partial charge is 0.354 e. The third kappa shape index (κ3) is 2.01. The Labute approximate surface area is 106 Å². The highest BCUT2D eigenvalue weighted by Gasteiger charge is 2.15. The van der Waals surface area contributed by atoms with Gasteiger partial charge in [0.1, 0.15) is 11.5 Å². The number of hydrogen-bond donors (Lipinski definition) is 1. The summed E-state index contributed by atoms with van der Waals surface area (Å²) in [5.74, 6) is -0.238. The molecule has 0 aliphatic rings. The molecule has 0 spiro atoms. The van der Waals surface area contributed by atoms with E-state index < -0.39 is 5.97 Å². The fraction of sp³-hybridized carbons (Fsp3) is 0.286. The minimum absolute atomic E-state index is 0.228. The van der Waals surface area contributed by atoms with Crippen LogP contribution in [0.2, 0.25) is 0 Å². The molecule has 2 rings (SSSR count). The summed E-state index contributed by atoms with van der Waals surface area (Å²) in [6, 6.07) is 6.04. The van der Waals surface area contributed by atoms with Crippen molar-refractivity contribution in [3.05, 3.63) is 41.2 Å². The van der Waals surface area contributed by atoms with Crippen molar-refractivity contribution in [1.29, 1.82) is 0 Å². The molecular weight excluding hydrogens is 228 g/mol. The molecule has 1 aromatic heterocycles. The van der Waals surface area contributed by atoms with Crippen molar-refractivity contribution >= 4 is 5.97 Å². The SMILES string of the molecule is CCn1c(C(=O)O)cnc1-c1ccc(C)c(C)c1. The normalized spacial score (nSPS) is 10.6.